The predicted octanol–water partition coefficient (Wildman–Crippen LogP) is 3.74. The Labute approximate surface area is 159 Å². The number of hydrogen-bond acceptors (Lipinski definition) is 3. The zero-order valence-electron chi connectivity index (χ0n) is 15.9. The highest BCUT2D eigenvalue weighted by atomic mass is 32.2. The van der Waals surface area contributed by atoms with Gasteiger partial charge in [-0.05, 0) is 48.3 Å². The van der Waals surface area contributed by atoms with Gasteiger partial charge in [0.2, 0.25) is 10.0 Å². The van der Waals surface area contributed by atoms with Crippen LogP contribution in [-0.2, 0) is 16.2 Å². The van der Waals surface area contributed by atoms with Crippen LogP contribution < -0.4 is 5.32 Å². The Morgan fingerprint density at radius 3 is 2.48 bits per heavy atom. The summed E-state index contributed by atoms with van der Waals surface area (Å²) in [6.45, 7) is 8.03. The summed E-state index contributed by atoms with van der Waals surface area (Å²) in [7, 11) is -3.92. The fourth-order valence-corrected chi connectivity index (χ4v) is 5.67. The maximum absolute atomic E-state index is 12.9. The summed E-state index contributed by atoms with van der Waals surface area (Å²) in [6.07, 6.45) is -2.60. The van der Waals surface area contributed by atoms with Crippen molar-refractivity contribution in [1.82, 2.24) is 9.62 Å². The van der Waals surface area contributed by atoms with Crippen LogP contribution in [-0.4, -0.2) is 38.4 Å². The van der Waals surface area contributed by atoms with Gasteiger partial charge in [-0.3, -0.25) is 0 Å². The van der Waals surface area contributed by atoms with Crippen LogP contribution in [0.25, 0.3) is 0 Å². The first-order valence-electron chi connectivity index (χ1n) is 9.29. The predicted molar refractivity (Wildman–Crippen MR) is 97.7 cm³/mol. The van der Waals surface area contributed by atoms with Crippen molar-refractivity contribution in [3.8, 4) is 0 Å². The number of fused-ring (bicyclic) bond motifs is 1. The minimum Gasteiger partial charge on any atom is -0.313 e. The van der Waals surface area contributed by atoms with Gasteiger partial charge in [-0.25, -0.2) is 8.42 Å². The lowest BCUT2D eigenvalue weighted by molar-refractivity contribution is -0.137. The van der Waals surface area contributed by atoms with Crippen molar-refractivity contribution in [2.45, 2.75) is 50.7 Å². The number of sulfonamides is 1. The first-order chi connectivity index (χ1) is 12.4. The molecule has 8 heteroatoms. The molecule has 2 aliphatic rings. The Morgan fingerprint density at radius 1 is 1.15 bits per heavy atom. The van der Waals surface area contributed by atoms with Gasteiger partial charge in [0.1, 0.15) is 0 Å². The molecule has 1 aliphatic carbocycles. The number of nitrogens with one attached hydrogen (secondary N) is 1. The highest BCUT2D eigenvalue weighted by molar-refractivity contribution is 7.89. The van der Waals surface area contributed by atoms with Crippen LogP contribution >= 0.6 is 0 Å². The van der Waals surface area contributed by atoms with E-state index < -0.39 is 21.8 Å². The lowest BCUT2D eigenvalue weighted by Gasteiger charge is -2.26. The molecule has 2 unspecified atom stereocenters. The van der Waals surface area contributed by atoms with Crippen molar-refractivity contribution in [1.29, 1.82) is 0 Å². The Hall–Kier alpha value is -1.12. The largest absolute Gasteiger partial charge is 0.416 e. The zero-order valence-corrected chi connectivity index (χ0v) is 16.7. The van der Waals surface area contributed by atoms with Crippen molar-refractivity contribution in [2.75, 3.05) is 19.6 Å². The Morgan fingerprint density at radius 2 is 1.85 bits per heavy atom. The second-order valence-electron chi connectivity index (χ2n) is 8.90. The monoisotopic (exact) mass is 404 g/mol. The second-order valence-corrected chi connectivity index (χ2v) is 10.8. The van der Waals surface area contributed by atoms with E-state index in [1.807, 2.05) is 0 Å². The molecule has 4 nitrogen and oxygen atoms in total. The molecule has 0 amide bonds. The van der Waals surface area contributed by atoms with Gasteiger partial charge in [-0.2, -0.15) is 17.5 Å². The fourth-order valence-electron chi connectivity index (χ4n) is 4.09. The summed E-state index contributed by atoms with van der Waals surface area (Å²) in [4.78, 5) is -0.281. The van der Waals surface area contributed by atoms with Gasteiger partial charge in [0.15, 0.2) is 0 Å². The third-order valence-corrected chi connectivity index (χ3v) is 7.34. The van der Waals surface area contributed by atoms with Crippen molar-refractivity contribution in [3.63, 3.8) is 0 Å². The molecule has 1 aliphatic heterocycles. The molecule has 1 saturated heterocycles. The molecule has 0 radical (unpaired) electrons. The number of rotatable bonds is 4. The lowest BCUT2D eigenvalue weighted by atomic mass is 9.94. The molecule has 0 spiro atoms. The summed E-state index contributed by atoms with van der Waals surface area (Å²) < 4.78 is 66.0. The van der Waals surface area contributed by atoms with E-state index in [0.29, 0.717) is 13.1 Å². The number of benzene rings is 1. The minimum atomic E-state index is -4.56. The van der Waals surface area contributed by atoms with E-state index in [9.17, 15) is 21.6 Å². The van der Waals surface area contributed by atoms with Gasteiger partial charge in [0, 0.05) is 25.7 Å². The molecule has 3 atom stereocenters. The van der Waals surface area contributed by atoms with Crippen molar-refractivity contribution >= 4 is 10.0 Å². The summed E-state index contributed by atoms with van der Waals surface area (Å²) in [5.41, 5.74) is -0.798. The zero-order chi connectivity index (χ0) is 20.0. The molecule has 1 aromatic carbocycles. The average molecular weight is 404 g/mol. The maximum atomic E-state index is 12.9. The number of alkyl halides is 3. The van der Waals surface area contributed by atoms with Gasteiger partial charge in [-0.15, -0.1) is 0 Å². The van der Waals surface area contributed by atoms with E-state index in [4.69, 9.17) is 0 Å². The van der Waals surface area contributed by atoms with Crippen LogP contribution in [0, 0.1) is 17.3 Å². The number of nitrogens with zero attached hydrogens (tertiary/aromatic N) is 1. The SMILES string of the molecule is CC(C)(C)CNC1CC[C@@H]2CN(S(=O)(=O)c3cccc(C(F)(F)F)c3)CC12. The summed E-state index contributed by atoms with van der Waals surface area (Å²) in [5, 5.41) is 3.56. The average Bonchev–Trinajstić information content (AvgIpc) is 3.12. The van der Waals surface area contributed by atoms with Crippen LogP contribution in [0.15, 0.2) is 29.2 Å². The lowest BCUT2D eigenvalue weighted by Crippen LogP contribution is -2.40. The molecule has 0 aromatic heterocycles. The van der Waals surface area contributed by atoms with Crippen LogP contribution in [0.4, 0.5) is 13.2 Å². The molecular weight excluding hydrogens is 377 g/mol. The van der Waals surface area contributed by atoms with Gasteiger partial charge in [0.25, 0.3) is 0 Å². The Balaban J connectivity index is 1.75. The highest BCUT2D eigenvalue weighted by Crippen LogP contribution is 2.41. The van der Waals surface area contributed by atoms with Gasteiger partial charge in [0.05, 0.1) is 10.5 Å². The molecule has 3 rings (SSSR count). The van der Waals surface area contributed by atoms with Crippen LogP contribution in [0.1, 0.15) is 39.2 Å². The standard InChI is InChI=1S/C19H27F3N2O2S/c1-18(2,3)12-23-17-8-7-13-10-24(11-16(13)17)27(25,26)15-6-4-5-14(9-15)19(20,21)22/h4-6,9,13,16-17,23H,7-8,10-12H2,1-3H3/t13-,16?,17?/m1/s1. The van der Waals surface area contributed by atoms with Gasteiger partial charge < -0.3 is 5.32 Å². The van der Waals surface area contributed by atoms with E-state index in [1.165, 1.54) is 10.4 Å². The molecular formula is C19H27F3N2O2S. The molecule has 1 heterocycles. The smallest absolute Gasteiger partial charge is 0.313 e. The van der Waals surface area contributed by atoms with Gasteiger partial charge >= 0.3 is 6.18 Å². The van der Waals surface area contributed by atoms with Crippen LogP contribution in [0.2, 0.25) is 0 Å². The Bertz CT molecular complexity index is 787. The third kappa shape index (κ3) is 4.49. The van der Waals surface area contributed by atoms with E-state index in [0.717, 1.165) is 37.6 Å². The normalized spacial score (nSPS) is 27.1. The van der Waals surface area contributed by atoms with Crippen LogP contribution in [0.5, 0.6) is 0 Å². The molecule has 27 heavy (non-hydrogen) atoms. The number of hydrogen-bond donors (Lipinski definition) is 1. The third-order valence-electron chi connectivity index (χ3n) is 5.52. The molecule has 1 aromatic rings. The topological polar surface area (TPSA) is 49.4 Å². The fraction of sp³-hybridized carbons (Fsp3) is 0.684. The van der Waals surface area contributed by atoms with E-state index in [1.54, 1.807) is 0 Å². The molecule has 152 valence electrons. The summed E-state index contributed by atoms with van der Waals surface area (Å²) in [6, 6.07) is 4.29. The quantitative estimate of drug-likeness (QED) is 0.832. The molecule has 0 bridgehead atoms. The maximum Gasteiger partial charge on any atom is 0.416 e. The van der Waals surface area contributed by atoms with E-state index in [2.05, 4.69) is 26.1 Å². The number of halogens is 3. The first-order valence-corrected chi connectivity index (χ1v) is 10.7. The second kappa shape index (κ2) is 7.04. The molecule has 2 fully saturated rings. The van der Waals surface area contributed by atoms with E-state index >= 15 is 0 Å². The molecule has 1 saturated carbocycles. The van der Waals surface area contributed by atoms with Gasteiger partial charge in [-0.1, -0.05) is 26.8 Å². The minimum absolute atomic E-state index is 0.139. The van der Waals surface area contributed by atoms with Crippen molar-refractivity contribution < 1.29 is 21.6 Å². The van der Waals surface area contributed by atoms with Crippen LogP contribution in [0.3, 0.4) is 0 Å². The van der Waals surface area contributed by atoms with Crippen molar-refractivity contribution in [2.24, 2.45) is 17.3 Å². The first kappa shape index (κ1) is 20.6. The highest BCUT2D eigenvalue weighted by Gasteiger charge is 2.46. The Kier molecular flexibility index (Phi) is 5.38. The molecule has 1 N–H and O–H groups in total. The summed E-state index contributed by atoms with van der Waals surface area (Å²) >= 11 is 0. The van der Waals surface area contributed by atoms with Crippen molar-refractivity contribution in [3.05, 3.63) is 29.8 Å². The van der Waals surface area contributed by atoms with E-state index in [-0.39, 0.29) is 28.2 Å². The summed E-state index contributed by atoms with van der Waals surface area (Å²) in [5.74, 6) is 0.482.